The molecule has 0 aliphatic rings. The van der Waals surface area contributed by atoms with Crippen LogP contribution in [-0.4, -0.2) is 34.3 Å². The Balaban J connectivity index is 0.00000216. The first-order valence-electron chi connectivity index (χ1n) is 16.1. The third-order valence-electron chi connectivity index (χ3n) is 9.43. The predicted octanol–water partition coefficient (Wildman–Crippen LogP) is -1.99. The molecule has 6 nitrogen and oxygen atoms in total. The van der Waals surface area contributed by atoms with Crippen molar-refractivity contribution in [3.05, 3.63) is 157 Å². The number of benzene rings is 6. The van der Waals surface area contributed by atoms with Crippen LogP contribution < -0.4 is 44.9 Å². The van der Waals surface area contributed by atoms with E-state index in [1.807, 2.05) is 60.7 Å². The maximum absolute atomic E-state index is 10.2. The summed E-state index contributed by atoms with van der Waals surface area (Å²) in [6, 6.07) is 48.6. The van der Waals surface area contributed by atoms with Gasteiger partial charge in [0.15, 0.2) is 13.1 Å². The molecule has 0 bridgehead atoms. The lowest BCUT2D eigenvalue weighted by Gasteiger charge is -2.17. The van der Waals surface area contributed by atoms with Gasteiger partial charge in [0.2, 0.25) is 22.1 Å². The van der Waals surface area contributed by atoms with Gasteiger partial charge in [0.05, 0.1) is 21.5 Å². The largest absolute Gasteiger partial charge is 1.00 e. The molecule has 8 rings (SSSR count). The van der Waals surface area contributed by atoms with E-state index in [1.54, 1.807) is 12.1 Å². The van der Waals surface area contributed by atoms with Gasteiger partial charge in [0, 0.05) is 46.5 Å². The van der Waals surface area contributed by atoms with E-state index in [2.05, 4.69) is 81.9 Å². The van der Waals surface area contributed by atoms with Crippen molar-refractivity contribution in [2.75, 3.05) is 0 Å². The zero-order chi connectivity index (χ0) is 32.8. The van der Waals surface area contributed by atoms with Gasteiger partial charge < -0.3 is 44.9 Å². The lowest BCUT2D eigenvalue weighted by Crippen LogP contribution is -3.00. The fourth-order valence-corrected chi connectivity index (χ4v) is 7.31. The maximum Gasteiger partial charge on any atom is 0.488 e. The molecule has 50 heavy (non-hydrogen) atoms. The molecule has 2 heterocycles. The van der Waals surface area contributed by atoms with Crippen molar-refractivity contribution in [3.63, 3.8) is 0 Å². The number of hydrogen-bond acceptors (Lipinski definition) is 4. The summed E-state index contributed by atoms with van der Waals surface area (Å²) in [4.78, 5) is 0. The first-order chi connectivity index (χ1) is 23.5. The van der Waals surface area contributed by atoms with E-state index in [1.165, 1.54) is 0 Å². The van der Waals surface area contributed by atoms with E-state index in [0.717, 1.165) is 65.9 Å². The Kier molecular flexibility index (Phi) is 10.2. The first-order valence-corrected chi connectivity index (χ1v) is 16.1. The molecule has 0 unspecified atom stereocenters. The van der Waals surface area contributed by atoms with Gasteiger partial charge >= 0.3 is 14.2 Å². The van der Waals surface area contributed by atoms with E-state index < -0.39 is 14.2 Å². The summed E-state index contributed by atoms with van der Waals surface area (Å²) in [6.45, 7) is 0.920. The summed E-state index contributed by atoms with van der Waals surface area (Å²) in [7, 11) is -3.14. The average molecular weight is 697 g/mol. The molecular formula is C40H32B2Cl2N2O4. The second-order valence-corrected chi connectivity index (χ2v) is 12.1. The van der Waals surface area contributed by atoms with Crippen molar-refractivity contribution in [1.82, 2.24) is 0 Å². The summed E-state index contributed by atoms with van der Waals surface area (Å²) >= 11 is 0. The molecule has 0 radical (unpaired) electrons. The Labute approximate surface area is 302 Å². The van der Waals surface area contributed by atoms with Crippen LogP contribution in [0.5, 0.6) is 0 Å². The Morgan fingerprint density at radius 2 is 0.620 bits per heavy atom. The fourth-order valence-electron chi connectivity index (χ4n) is 7.31. The van der Waals surface area contributed by atoms with Gasteiger partial charge in [-0.3, -0.25) is 0 Å². The number of para-hydroxylation sites is 4. The highest BCUT2D eigenvalue weighted by Gasteiger charge is 2.29. The van der Waals surface area contributed by atoms with Gasteiger partial charge in [-0.1, -0.05) is 97.1 Å². The van der Waals surface area contributed by atoms with Crippen LogP contribution in [-0.2, 0) is 13.1 Å². The minimum atomic E-state index is -1.57. The first kappa shape index (κ1) is 35.1. The van der Waals surface area contributed by atoms with Gasteiger partial charge in [-0.25, -0.2) is 0 Å². The third-order valence-corrected chi connectivity index (χ3v) is 9.43. The summed E-state index contributed by atoms with van der Waals surface area (Å²) in [6.07, 6.45) is 0. The molecule has 8 aromatic rings. The van der Waals surface area contributed by atoms with Crippen LogP contribution in [0, 0.1) is 0 Å². The Morgan fingerprint density at radius 3 is 0.920 bits per heavy atom. The van der Waals surface area contributed by atoms with Gasteiger partial charge in [-0.15, -0.1) is 0 Å². The van der Waals surface area contributed by atoms with E-state index in [-0.39, 0.29) is 24.8 Å². The van der Waals surface area contributed by atoms with Crippen molar-refractivity contribution < 1.29 is 54.0 Å². The van der Waals surface area contributed by atoms with Crippen LogP contribution in [0.2, 0.25) is 0 Å². The van der Waals surface area contributed by atoms with Crippen molar-refractivity contribution in [3.8, 4) is 11.1 Å². The zero-order valence-corrected chi connectivity index (χ0v) is 28.4. The molecule has 246 valence electrons. The molecule has 0 fully saturated rings. The van der Waals surface area contributed by atoms with E-state index in [4.69, 9.17) is 0 Å². The van der Waals surface area contributed by atoms with Crippen LogP contribution in [0.15, 0.2) is 146 Å². The molecule has 10 heteroatoms. The molecule has 6 aromatic carbocycles. The molecule has 0 saturated carbocycles. The Morgan fingerprint density at radius 1 is 0.360 bits per heavy atom. The number of fused-ring (bicyclic) bond motifs is 4. The van der Waals surface area contributed by atoms with Crippen LogP contribution in [0.1, 0.15) is 11.1 Å². The number of hydrogen-bond donors (Lipinski definition) is 4. The fraction of sp³-hybridized carbons (Fsp3) is 0.0500. The highest BCUT2D eigenvalue weighted by atomic mass is 35.5. The SMILES string of the molecule is OB(O)c1ccccc1C[n+]1c2ccccc2c(-c2c3ccccc3[n+](Cc3ccccc3B(O)O)c3ccccc23)c2ccccc21.[Cl-].[Cl-]. The number of rotatable bonds is 7. The number of aromatic nitrogens is 2. The van der Waals surface area contributed by atoms with Crippen LogP contribution >= 0.6 is 0 Å². The quantitative estimate of drug-likeness (QED) is 0.0884. The van der Waals surface area contributed by atoms with E-state index in [9.17, 15) is 20.1 Å². The maximum atomic E-state index is 10.2. The monoisotopic (exact) mass is 696 g/mol. The second kappa shape index (κ2) is 14.6. The summed E-state index contributed by atoms with van der Waals surface area (Å²) < 4.78 is 4.53. The second-order valence-electron chi connectivity index (χ2n) is 12.1. The smallest absolute Gasteiger partial charge is 0.488 e. The van der Waals surface area contributed by atoms with Gasteiger partial charge in [0.25, 0.3) is 0 Å². The minimum Gasteiger partial charge on any atom is -1.00 e. The Hall–Kier alpha value is -4.79. The molecule has 0 aliphatic carbocycles. The topological polar surface area (TPSA) is 88.7 Å². The van der Waals surface area contributed by atoms with E-state index in [0.29, 0.717) is 24.0 Å². The molecule has 0 aliphatic heterocycles. The summed E-state index contributed by atoms with van der Waals surface area (Å²) in [5, 5.41) is 45.1. The molecule has 0 spiro atoms. The lowest BCUT2D eigenvalue weighted by atomic mass is 9.77. The van der Waals surface area contributed by atoms with Crippen LogP contribution in [0.25, 0.3) is 54.7 Å². The highest BCUT2D eigenvalue weighted by Crippen LogP contribution is 2.41. The molecule has 4 N–H and O–H groups in total. The van der Waals surface area contributed by atoms with Gasteiger partial charge in [0.1, 0.15) is 0 Å². The number of halogens is 2. The number of nitrogens with zero attached hydrogens (tertiary/aromatic N) is 2. The van der Waals surface area contributed by atoms with Crippen molar-refractivity contribution in [2.24, 2.45) is 0 Å². The predicted molar refractivity (Wildman–Crippen MR) is 193 cm³/mol. The zero-order valence-electron chi connectivity index (χ0n) is 26.9. The molecule has 0 saturated heterocycles. The van der Waals surface area contributed by atoms with Gasteiger partial charge in [-0.05, 0) is 35.2 Å². The van der Waals surface area contributed by atoms with Crippen molar-refractivity contribution in [2.45, 2.75) is 13.1 Å². The van der Waals surface area contributed by atoms with Gasteiger partial charge in [-0.2, -0.15) is 9.13 Å². The summed E-state index contributed by atoms with van der Waals surface area (Å²) in [5.74, 6) is 0. The molecule has 2 aromatic heterocycles. The van der Waals surface area contributed by atoms with Crippen LogP contribution in [0.3, 0.4) is 0 Å². The lowest BCUT2D eigenvalue weighted by molar-refractivity contribution is -0.636. The minimum absolute atomic E-state index is 0. The van der Waals surface area contributed by atoms with Crippen molar-refractivity contribution in [1.29, 1.82) is 0 Å². The summed E-state index contributed by atoms with van der Waals surface area (Å²) in [5.41, 5.74) is 9.03. The van der Waals surface area contributed by atoms with E-state index >= 15 is 0 Å². The Bertz CT molecular complexity index is 2220. The normalized spacial score (nSPS) is 11.0. The molecule has 0 amide bonds. The average Bonchev–Trinajstić information content (AvgIpc) is 3.12. The number of pyridine rings is 2. The third kappa shape index (κ3) is 6.01. The van der Waals surface area contributed by atoms with Crippen LogP contribution in [0.4, 0.5) is 0 Å². The van der Waals surface area contributed by atoms with Crippen molar-refractivity contribution >= 4 is 68.8 Å². The molecular weight excluding hydrogens is 665 g/mol. The molecule has 0 atom stereocenters. The highest BCUT2D eigenvalue weighted by molar-refractivity contribution is 6.59. The standard InChI is InChI=1S/C40H32B2N2O4.2ClH/c45-41(46)33-19-7-1-13-27(33)25-43-35-21-9-3-15-29(35)39(30-16-4-10-22-36(30)43)40-31-17-5-11-23-37(31)44(38-24-12-6-18-32(38)40)26-28-14-2-8-20-34(28)42(47)48;;/h1-24,45-48H,25-26H2;2*1H/q+2;;/p-2.